The molecule has 0 saturated carbocycles. The number of halogens is 5. The van der Waals surface area contributed by atoms with Crippen LogP contribution in [-0.4, -0.2) is 9.78 Å². The average molecular weight is 359 g/mol. The van der Waals surface area contributed by atoms with Crippen LogP contribution in [0.15, 0.2) is 47.4 Å². The maximum atomic E-state index is 12.8. The SMILES string of the molecule is O=c1c2ccccc2cnn1-c1c(Cl)cc(C(F)(F)F)cc1Cl. The second-order valence-corrected chi connectivity index (χ2v) is 5.55. The summed E-state index contributed by atoms with van der Waals surface area (Å²) in [5, 5.41) is 4.28. The Morgan fingerprint density at radius 3 is 2.26 bits per heavy atom. The van der Waals surface area contributed by atoms with E-state index >= 15 is 0 Å². The van der Waals surface area contributed by atoms with Gasteiger partial charge in [-0.05, 0) is 18.2 Å². The molecule has 0 amide bonds. The minimum atomic E-state index is -4.59. The molecule has 0 spiro atoms. The predicted octanol–water partition coefficient (Wildman–Crippen LogP) is 4.71. The molecule has 0 unspecified atom stereocenters. The molecule has 0 N–H and O–H groups in total. The molecule has 118 valence electrons. The highest BCUT2D eigenvalue weighted by Gasteiger charge is 2.32. The van der Waals surface area contributed by atoms with E-state index in [1.165, 1.54) is 6.20 Å². The van der Waals surface area contributed by atoms with Crippen LogP contribution in [0.25, 0.3) is 16.5 Å². The number of hydrogen-bond acceptors (Lipinski definition) is 2. The van der Waals surface area contributed by atoms with Crippen molar-refractivity contribution >= 4 is 34.0 Å². The first-order valence-corrected chi connectivity index (χ1v) is 7.08. The Morgan fingerprint density at radius 1 is 1.04 bits per heavy atom. The third-order valence-electron chi connectivity index (χ3n) is 3.25. The summed E-state index contributed by atoms with van der Waals surface area (Å²) >= 11 is 11.8. The number of nitrogens with zero attached hydrogens (tertiary/aromatic N) is 2. The van der Waals surface area contributed by atoms with Gasteiger partial charge in [0, 0.05) is 5.39 Å². The lowest BCUT2D eigenvalue weighted by Crippen LogP contribution is -2.22. The van der Waals surface area contributed by atoms with E-state index in [-0.39, 0.29) is 15.7 Å². The fourth-order valence-electron chi connectivity index (χ4n) is 2.18. The molecule has 3 aromatic rings. The monoisotopic (exact) mass is 358 g/mol. The summed E-state index contributed by atoms with van der Waals surface area (Å²) in [5.74, 6) is 0. The zero-order valence-electron chi connectivity index (χ0n) is 11.2. The van der Waals surface area contributed by atoms with Crippen molar-refractivity contribution < 1.29 is 13.2 Å². The van der Waals surface area contributed by atoms with Crippen molar-refractivity contribution in [2.45, 2.75) is 6.18 Å². The molecule has 0 aliphatic heterocycles. The number of hydrogen-bond donors (Lipinski definition) is 0. The molecule has 2 aromatic carbocycles. The second kappa shape index (κ2) is 5.54. The molecule has 0 atom stereocenters. The van der Waals surface area contributed by atoms with Gasteiger partial charge in [-0.3, -0.25) is 4.79 Å². The fourth-order valence-corrected chi connectivity index (χ4v) is 2.83. The summed E-state index contributed by atoms with van der Waals surface area (Å²) < 4.78 is 39.2. The van der Waals surface area contributed by atoms with Crippen molar-refractivity contribution in [2.24, 2.45) is 0 Å². The van der Waals surface area contributed by atoms with Crippen molar-refractivity contribution in [1.29, 1.82) is 0 Å². The van der Waals surface area contributed by atoms with Crippen LogP contribution in [0.4, 0.5) is 13.2 Å². The first-order chi connectivity index (χ1) is 10.8. The van der Waals surface area contributed by atoms with Crippen molar-refractivity contribution in [3.05, 3.63) is 68.6 Å². The minimum absolute atomic E-state index is 0.0860. The van der Waals surface area contributed by atoms with Gasteiger partial charge in [0.05, 0.1) is 27.2 Å². The standard InChI is InChI=1S/C15H7Cl2F3N2O/c16-11-5-9(15(18,19)20)6-12(17)13(11)22-14(23)10-4-2-1-3-8(10)7-21-22/h1-7H. The number of fused-ring (bicyclic) bond motifs is 1. The number of benzene rings is 2. The summed E-state index contributed by atoms with van der Waals surface area (Å²) in [6, 6.07) is 8.12. The highest BCUT2D eigenvalue weighted by atomic mass is 35.5. The van der Waals surface area contributed by atoms with Gasteiger partial charge in [-0.25, -0.2) is 0 Å². The van der Waals surface area contributed by atoms with Gasteiger partial charge in [0.2, 0.25) is 0 Å². The predicted molar refractivity (Wildman–Crippen MR) is 82.4 cm³/mol. The molecule has 3 rings (SSSR count). The molecule has 0 fully saturated rings. The Labute approximate surface area is 137 Å². The van der Waals surface area contributed by atoms with Gasteiger partial charge >= 0.3 is 6.18 Å². The van der Waals surface area contributed by atoms with Crippen LogP contribution < -0.4 is 5.56 Å². The van der Waals surface area contributed by atoms with Gasteiger partial charge in [-0.1, -0.05) is 41.4 Å². The second-order valence-electron chi connectivity index (χ2n) is 4.74. The van der Waals surface area contributed by atoms with Crippen LogP contribution in [0.1, 0.15) is 5.56 Å². The fraction of sp³-hybridized carbons (Fsp3) is 0.0667. The normalized spacial score (nSPS) is 11.9. The van der Waals surface area contributed by atoms with Gasteiger partial charge in [-0.15, -0.1) is 0 Å². The minimum Gasteiger partial charge on any atom is -0.267 e. The third-order valence-corrected chi connectivity index (χ3v) is 3.83. The van der Waals surface area contributed by atoms with E-state index in [1.807, 2.05) is 0 Å². The summed E-state index contributed by atoms with van der Waals surface area (Å²) in [5.41, 5.74) is -1.60. The largest absolute Gasteiger partial charge is 0.416 e. The van der Waals surface area contributed by atoms with Gasteiger partial charge in [0.15, 0.2) is 0 Å². The van der Waals surface area contributed by atoms with E-state index in [0.717, 1.165) is 4.68 Å². The lowest BCUT2D eigenvalue weighted by molar-refractivity contribution is -0.137. The maximum Gasteiger partial charge on any atom is 0.416 e. The molecule has 3 nitrogen and oxygen atoms in total. The molecule has 23 heavy (non-hydrogen) atoms. The molecule has 0 aliphatic rings. The van der Waals surface area contributed by atoms with Crippen LogP contribution in [0.3, 0.4) is 0 Å². The number of aromatic nitrogens is 2. The van der Waals surface area contributed by atoms with Gasteiger partial charge in [0.25, 0.3) is 5.56 Å². The first-order valence-electron chi connectivity index (χ1n) is 6.33. The van der Waals surface area contributed by atoms with Gasteiger partial charge < -0.3 is 0 Å². The number of alkyl halides is 3. The van der Waals surface area contributed by atoms with Crippen LogP contribution in [0.5, 0.6) is 0 Å². The van der Waals surface area contributed by atoms with Crippen molar-refractivity contribution in [3.63, 3.8) is 0 Å². The zero-order valence-corrected chi connectivity index (χ0v) is 12.7. The first kappa shape index (κ1) is 15.8. The van der Waals surface area contributed by atoms with E-state index in [1.54, 1.807) is 24.3 Å². The van der Waals surface area contributed by atoms with Crippen molar-refractivity contribution in [2.75, 3.05) is 0 Å². The lowest BCUT2D eigenvalue weighted by Gasteiger charge is -2.13. The summed E-state index contributed by atoms with van der Waals surface area (Å²) in [6.07, 6.45) is -3.17. The summed E-state index contributed by atoms with van der Waals surface area (Å²) in [4.78, 5) is 12.5. The highest BCUT2D eigenvalue weighted by molar-refractivity contribution is 6.37. The summed E-state index contributed by atoms with van der Waals surface area (Å²) in [6.45, 7) is 0. The molecular weight excluding hydrogens is 352 g/mol. The van der Waals surface area contributed by atoms with Crippen LogP contribution in [0.2, 0.25) is 10.0 Å². The molecule has 1 heterocycles. The van der Waals surface area contributed by atoms with Crippen molar-refractivity contribution in [3.8, 4) is 5.69 Å². The molecular formula is C15H7Cl2F3N2O. The molecule has 1 aromatic heterocycles. The van der Waals surface area contributed by atoms with E-state index in [9.17, 15) is 18.0 Å². The van der Waals surface area contributed by atoms with Crippen LogP contribution in [-0.2, 0) is 6.18 Å². The van der Waals surface area contributed by atoms with Crippen LogP contribution >= 0.6 is 23.2 Å². The molecule has 8 heteroatoms. The van der Waals surface area contributed by atoms with E-state index in [4.69, 9.17) is 23.2 Å². The maximum absolute atomic E-state index is 12.8. The zero-order chi connectivity index (χ0) is 16.8. The average Bonchev–Trinajstić information content (AvgIpc) is 2.48. The van der Waals surface area contributed by atoms with Crippen molar-refractivity contribution in [1.82, 2.24) is 9.78 Å². The smallest absolute Gasteiger partial charge is 0.267 e. The molecule has 0 aliphatic carbocycles. The lowest BCUT2D eigenvalue weighted by atomic mass is 10.2. The Hall–Kier alpha value is -2.05. The van der Waals surface area contributed by atoms with Crippen LogP contribution in [0, 0.1) is 0 Å². The van der Waals surface area contributed by atoms with E-state index in [2.05, 4.69) is 5.10 Å². The third kappa shape index (κ3) is 2.80. The summed E-state index contributed by atoms with van der Waals surface area (Å²) in [7, 11) is 0. The highest BCUT2D eigenvalue weighted by Crippen LogP contribution is 2.36. The Balaban J connectivity index is 2.28. The van der Waals surface area contributed by atoms with Gasteiger partial charge in [0.1, 0.15) is 5.69 Å². The quantitative estimate of drug-likeness (QED) is 0.631. The van der Waals surface area contributed by atoms with E-state index < -0.39 is 17.3 Å². The topological polar surface area (TPSA) is 34.9 Å². The Kier molecular flexibility index (Phi) is 3.82. The number of rotatable bonds is 1. The van der Waals surface area contributed by atoms with E-state index in [0.29, 0.717) is 22.9 Å². The van der Waals surface area contributed by atoms with Gasteiger partial charge in [-0.2, -0.15) is 23.0 Å². The Morgan fingerprint density at radius 2 is 1.65 bits per heavy atom. The molecule has 0 saturated heterocycles. The Bertz CT molecular complexity index is 944. The molecule has 0 radical (unpaired) electrons. The molecule has 0 bridgehead atoms.